The quantitative estimate of drug-likeness (QED) is 0.251. The molecule has 0 aromatic carbocycles. The molecule has 1 amide bonds. The Morgan fingerprint density at radius 3 is 2.30 bits per heavy atom. The number of anilines is 3. The van der Waals surface area contributed by atoms with Crippen molar-refractivity contribution in [1.82, 2.24) is 15.0 Å². The molecule has 5 heterocycles. The van der Waals surface area contributed by atoms with Crippen LogP contribution in [0.1, 0.15) is 45.1 Å². The topological polar surface area (TPSA) is 216 Å². The van der Waals surface area contributed by atoms with Gasteiger partial charge in [-0.15, -0.1) is 0 Å². The molecule has 1 fully saturated rings. The number of ether oxygens (including phenoxy) is 3. The van der Waals surface area contributed by atoms with Crippen molar-refractivity contribution in [2.45, 2.75) is 50.2 Å². The molecule has 0 unspecified atom stereocenters. The van der Waals surface area contributed by atoms with E-state index in [1.807, 2.05) is 19.9 Å². The Morgan fingerprint density at radius 2 is 1.68 bits per heavy atom. The normalized spacial score (nSPS) is 15.7. The van der Waals surface area contributed by atoms with Crippen molar-refractivity contribution in [2.24, 2.45) is 0 Å². The average molecular weight is 670 g/mol. The van der Waals surface area contributed by atoms with Crippen molar-refractivity contribution in [3.63, 3.8) is 0 Å². The van der Waals surface area contributed by atoms with E-state index in [1.54, 1.807) is 30.5 Å². The number of rotatable bonds is 8. The molecule has 2 aliphatic rings. The maximum Gasteiger partial charge on any atom is 0.328 e. The van der Waals surface area contributed by atoms with E-state index in [-0.39, 0.29) is 16.9 Å². The predicted molar refractivity (Wildman–Crippen MR) is 170 cm³/mol. The predicted octanol–water partition coefficient (Wildman–Crippen LogP) is 3.80. The Kier molecular flexibility index (Phi) is 10.8. The van der Waals surface area contributed by atoms with Crippen LogP contribution in [-0.2, 0) is 29.0 Å². The number of carboxylic acids is 2. The molecule has 16 heteroatoms. The number of aliphatic carboxylic acids is 2. The molecule has 2 aliphatic heterocycles. The summed E-state index contributed by atoms with van der Waals surface area (Å²) >= 11 is 0. The molecule has 0 atom stereocenters. The number of aromatic nitrogens is 3. The van der Waals surface area contributed by atoms with Crippen LogP contribution in [0.5, 0.6) is 11.6 Å². The van der Waals surface area contributed by atoms with Crippen LogP contribution in [0.25, 0.3) is 11.3 Å². The van der Waals surface area contributed by atoms with Gasteiger partial charge in [-0.05, 0) is 62.4 Å². The number of nitrogens with zero attached hydrogens (tertiary/aromatic N) is 3. The van der Waals surface area contributed by atoms with E-state index in [9.17, 15) is 22.8 Å². The summed E-state index contributed by atoms with van der Waals surface area (Å²) < 4.78 is 42.3. The summed E-state index contributed by atoms with van der Waals surface area (Å²) in [6, 6.07) is 8.72. The number of carbonyl (C=O) groups excluding carboxylic acids is 1. The number of pyridine rings is 3. The minimum atomic E-state index is -3.58. The Labute approximate surface area is 270 Å². The summed E-state index contributed by atoms with van der Waals surface area (Å²) in [5.74, 6) is -1.07. The van der Waals surface area contributed by atoms with Gasteiger partial charge in [0, 0.05) is 56.4 Å². The third-order valence-electron chi connectivity index (χ3n) is 6.78. The number of fused-ring (bicyclic) bond motifs is 1. The van der Waals surface area contributed by atoms with E-state index in [4.69, 9.17) is 24.4 Å². The van der Waals surface area contributed by atoms with Crippen molar-refractivity contribution >= 4 is 45.0 Å². The minimum Gasteiger partial charge on any atom is -0.479 e. The van der Waals surface area contributed by atoms with E-state index >= 15 is 0 Å². The third kappa shape index (κ3) is 9.95. The van der Waals surface area contributed by atoms with Crippen molar-refractivity contribution in [2.75, 3.05) is 36.7 Å². The zero-order valence-electron chi connectivity index (χ0n) is 26.1. The third-order valence-corrected chi connectivity index (χ3v) is 7.75. The van der Waals surface area contributed by atoms with E-state index in [0.717, 1.165) is 24.7 Å². The zero-order valence-corrected chi connectivity index (χ0v) is 27.0. The summed E-state index contributed by atoms with van der Waals surface area (Å²) in [5.41, 5.74) is 2.07. The largest absolute Gasteiger partial charge is 0.479 e. The van der Waals surface area contributed by atoms with Crippen molar-refractivity contribution in [3.8, 4) is 22.9 Å². The lowest BCUT2D eigenvalue weighted by molar-refractivity contribution is -0.134. The van der Waals surface area contributed by atoms with Gasteiger partial charge in [0.05, 0.1) is 11.4 Å². The molecule has 0 radical (unpaired) electrons. The van der Waals surface area contributed by atoms with Crippen LogP contribution in [0, 0.1) is 0 Å². The highest BCUT2D eigenvalue weighted by molar-refractivity contribution is 7.90. The fourth-order valence-electron chi connectivity index (χ4n) is 4.67. The summed E-state index contributed by atoms with van der Waals surface area (Å²) in [6.45, 7) is 6.84. The Morgan fingerprint density at radius 1 is 1.00 bits per heavy atom. The zero-order chi connectivity index (χ0) is 34.4. The van der Waals surface area contributed by atoms with Gasteiger partial charge in [-0.3, -0.25) is 4.79 Å². The fraction of sp³-hybridized carbons (Fsp3) is 0.355. The van der Waals surface area contributed by atoms with Crippen LogP contribution in [0.3, 0.4) is 0 Å². The van der Waals surface area contributed by atoms with Crippen LogP contribution in [0.15, 0.2) is 53.7 Å². The van der Waals surface area contributed by atoms with Crippen LogP contribution in [0.2, 0.25) is 0 Å². The van der Waals surface area contributed by atoms with Gasteiger partial charge in [0.25, 0.3) is 5.88 Å². The maximum absolute atomic E-state index is 12.5. The molecular formula is C31H35N5O10S. The number of nitrogens with one attached hydrogen (secondary N) is 2. The Bertz CT molecular complexity index is 1790. The van der Waals surface area contributed by atoms with Gasteiger partial charge < -0.3 is 35.1 Å². The van der Waals surface area contributed by atoms with E-state index in [1.165, 1.54) is 6.92 Å². The molecule has 3 aromatic rings. The first-order chi connectivity index (χ1) is 22.1. The smallest absolute Gasteiger partial charge is 0.328 e. The van der Waals surface area contributed by atoms with E-state index in [2.05, 4.69) is 25.6 Å². The highest BCUT2D eigenvalue weighted by Crippen LogP contribution is 2.38. The van der Waals surface area contributed by atoms with E-state index < -0.39 is 27.4 Å². The second kappa shape index (κ2) is 14.6. The average Bonchev–Trinajstić information content (AvgIpc) is 2.99. The highest BCUT2D eigenvalue weighted by atomic mass is 32.2. The van der Waals surface area contributed by atoms with Gasteiger partial charge in [0.15, 0.2) is 20.6 Å². The molecule has 1 saturated heterocycles. The molecule has 47 heavy (non-hydrogen) atoms. The number of carbonyl (C=O) groups is 3. The van der Waals surface area contributed by atoms with Crippen LogP contribution in [-0.4, -0.2) is 83.1 Å². The number of carboxylic acid groups (broad SMARTS) is 2. The molecule has 0 bridgehead atoms. The molecule has 250 valence electrons. The summed E-state index contributed by atoms with van der Waals surface area (Å²) in [5, 5.41) is 21.5. The molecule has 0 saturated carbocycles. The second-order valence-corrected chi connectivity index (χ2v) is 13.3. The van der Waals surface area contributed by atoms with Gasteiger partial charge in [-0.2, -0.15) is 0 Å². The van der Waals surface area contributed by atoms with Gasteiger partial charge >= 0.3 is 11.9 Å². The lowest BCUT2D eigenvalue weighted by atomic mass is 9.92. The number of sulfone groups is 1. The maximum atomic E-state index is 12.5. The number of hydrogen-bond donors (Lipinski definition) is 4. The van der Waals surface area contributed by atoms with Crippen molar-refractivity contribution in [3.05, 3.63) is 54.2 Å². The van der Waals surface area contributed by atoms with Crippen LogP contribution >= 0.6 is 0 Å². The first-order valence-corrected chi connectivity index (χ1v) is 16.3. The summed E-state index contributed by atoms with van der Waals surface area (Å²) in [4.78, 5) is 44.2. The summed E-state index contributed by atoms with van der Waals surface area (Å²) in [6.07, 6.45) is 5.41. The monoisotopic (exact) mass is 669 g/mol. The lowest BCUT2D eigenvalue weighted by Crippen LogP contribution is -2.39. The van der Waals surface area contributed by atoms with E-state index in [0.29, 0.717) is 72.2 Å². The van der Waals surface area contributed by atoms with Crippen LogP contribution < -0.4 is 20.1 Å². The van der Waals surface area contributed by atoms with Gasteiger partial charge in [-0.1, -0.05) is 0 Å². The van der Waals surface area contributed by atoms with Gasteiger partial charge in [0.2, 0.25) is 5.91 Å². The SMILES string of the molecule is CC(=O)Nc1cc(Nc2cc(C3CCOCC3)cc(S(C)(=O)=O)n2)c(-c2ccc3c(n2)OCC(C)(C)O3)cn1.O=C(O)/C=C\C(=O)O. The first kappa shape index (κ1) is 34.8. The second-order valence-electron chi connectivity index (χ2n) is 11.4. The number of hydrogen-bond acceptors (Lipinski definition) is 12. The molecular weight excluding hydrogens is 634 g/mol. The lowest BCUT2D eigenvalue weighted by Gasteiger charge is -2.31. The van der Waals surface area contributed by atoms with Crippen molar-refractivity contribution in [1.29, 1.82) is 0 Å². The highest BCUT2D eigenvalue weighted by Gasteiger charge is 2.29. The van der Waals surface area contributed by atoms with Crippen LogP contribution in [0.4, 0.5) is 17.3 Å². The van der Waals surface area contributed by atoms with Gasteiger partial charge in [0.1, 0.15) is 23.8 Å². The van der Waals surface area contributed by atoms with Gasteiger partial charge in [-0.25, -0.2) is 33.0 Å². The minimum absolute atomic E-state index is 0.0215. The molecule has 0 aliphatic carbocycles. The fourth-order valence-corrected chi connectivity index (χ4v) is 5.28. The van der Waals surface area contributed by atoms with Crippen molar-refractivity contribution < 1.29 is 47.2 Å². The molecule has 4 N–H and O–H groups in total. The summed E-state index contributed by atoms with van der Waals surface area (Å²) in [7, 11) is -3.58. The Hall–Kier alpha value is -5.09. The number of amides is 1. The molecule has 15 nitrogen and oxygen atoms in total. The molecule has 5 rings (SSSR count). The molecule has 3 aromatic heterocycles. The first-order valence-electron chi connectivity index (χ1n) is 14.4. The Balaban J connectivity index is 0.000000555. The standard InChI is InChI=1S/C27H31N5O6S.C4H4O4/c1-16(33)29-23-13-21(19(14-28-23)20-5-6-22-26(31-20)37-15-27(2,3)38-22)30-24-11-18(17-7-9-36-10-8-17)12-25(32-24)39(4,34)35;5-3(6)1-2-4(7)8/h5-6,11-14,17H,7-10,15H2,1-4H3,(H2,28,29,30,32,33);1-2H,(H,5,6)(H,7,8)/b;2-1-. The molecule has 0 spiro atoms.